The molecule has 33 heavy (non-hydrogen) atoms. The molecule has 3 aliphatic rings. The molecular formula is C29H37N3O. The summed E-state index contributed by atoms with van der Waals surface area (Å²) in [7, 11) is 2.18. The Kier molecular flexibility index (Phi) is 6.15. The van der Waals surface area contributed by atoms with Gasteiger partial charge in [-0.2, -0.15) is 0 Å². The Labute approximate surface area is 197 Å². The van der Waals surface area contributed by atoms with Crippen LogP contribution in [0.15, 0.2) is 48.5 Å². The molecule has 3 atom stereocenters. The highest BCUT2D eigenvalue weighted by molar-refractivity contribution is 5.75. The number of hydrogen-bond donors (Lipinski definition) is 2. The summed E-state index contributed by atoms with van der Waals surface area (Å²) >= 11 is 0. The Hall–Kier alpha value is -2.43. The normalized spacial score (nSPS) is 24.6. The van der Waals surface area contributed by atoms with Gasteiger partial charge >= 0.3 is 0 Å². The average Bonchev–Trinajstić information content (AvgIpc) is 3.21. The zero-order valence-corrected chi connectivity index (χ0v) is 20.3. The summed E-state index contributed by atoms with van der Waals surface area (Å²) in [6.07, 6.45) is 8.53. The van der Waals surface area contributed by atoms with E-state index in [4.69, 9.17) is 0 Å². The minimum atomic E-state index is -0.560. The van der Waals surface area contributed by atoms with Crippen molar-refractivity contribution < 1.29 is 5.11 Å². The van der Waals surface area contributed by atoms with Crippen LogP contribution in [0.3, 0.4) is 0 Å². The predicted molar refractivity (Wildman–Crippen MR) is 136 cm³/mol. The molecule has 174 valence electrons. The second-order valence-electron chi connectivity index (χ2n) is 10.4. The van der Waals surface area contributed by atoms with Gasteiger partial charge < -0.3 is 15.0 Å². The molecule has 0 aliphatic heterocycles. The van der Waals surface area contributed by atoms with Gasteiger partial charge in [-0.15, -0.1) is 0 Å². The number of nitrogens with zero attached hydrogens (tertiary/aromatic N) is 2. The third-order valence-electron chi connectivity index (χ3n) is 8.02. The molecule has 3 aliphatic carbocycles. The van der Waals surface area contributed by atoms with Crippen LogP contribution in [0.2, 0.25) is 0 Å². The molecule has 1 aromatic heterocycles. The van der Waals surface area contributed by atoms with Crippen LogP contribution in [-0.2, 0) is 6.42 Å². The van der Waals surface area contributed by atoms with Crippen LogP contribution in [0, 0.1) is 25.7 Å². The highest BCUT2D eigenvalue weighted by atomic mass is 16.3. The minimum absolute atomic E-state index is 0.278. The fourth-order valence-electron chi connectivity index (χ4n) is 6.17. The highest BCUT2D eigenvalue weighted by Crippen LogP contribution is 2.51. The van der Waals surface area contributed by atoms with Gasteiger partial charge in [-0.3, -0.25) is 0 Å². The molecule has 2 N–H and O–H groups in total. The number of aromatic nitrogens is 2. The van der Waals surface area contributed by atoms with Crippen molar-refractivity contribution in [3.63, 3.8) is 0 Å². The van der Waals surface area contributed by atoms with Crippen LogP contribution in [0.5, 0.6) is 0 Å². The highest BCUT2D eigenvalue weighted by Gasteiger charge is 2.46. The van der Waals surface area contributed by atoms with Gasteiger partial charge in [0.1, 0.15) is 5.82 Å². The number of aromatic amines is 1. The van der Waals surface area contributed by atoms with Gasteiger partial charge in [0.15, 0.2) is 0 Å². The Balaban J connectivity index is 1.16. The van der Waals surface area contributed by atoms with Gasteiger partial charge in [-0.05, 0) is 99.9 Å². The van der Waals surface area contributed by atoms with Crippen LogP contribution >= 0.6 is 0 Å². The molecule has 3 aromatic rings. The maximum atomic E-state index is 11.6. The fraction of sp³-hybridized carbons (Fsp3) is 0.483. The summed E-state index contributed by atoms with van der Waals surface area (Å²) < 4.78 is 0. The third-order valence-corrected chi connectivity index (χ3v) is 8.02. The number of hydrogen-bond acceptors (Lipinski definition) is 3. The van der Waals surface area contributed by atoms with Crippen molar-refractivity contribution in [2.45, 2.75) is 58.0 Å². The Morgan fingerprint density at radius 3 is 2.58 bits per heavy atom. The second kappa shape index (κ2) is 9.08. The summed E-state index contributed by atoms with van der Waals surface area (Å²) in [4.78, 5) is 10.5. The first kappa shape index (κ1) is 22.4. The largest absolute Gasteiger partial charge is 0.389 e. The first-order valence-corrected chi connectivity index (χ1v) is 12.6. The number of nitrogens with one attached hydrogen (secondary N) is 1. The molecule has 0 saturated heterocycles. The zero-order valence-electron chi connectivity index (χ0n) is 20.3. The van der Waals surface area contributed by atoms with Crippen molar-refractivity contribution in [1.82, 2.24) is 14.9 Å². The monoisotopic (exact) mass is 443 g/mol. The fourth-order valence-corrected chi connectivity index (χ4v) is 6.17. The van der Waals surface area contributed by atoms with Crippen molar-refractivity contribution in [1.29, 1.82) is 0 Å². The van der Waals surface area contributed by atoms with Gasteiger partial charge in [0.05, 0.1) is 16.6 Å². The number of aryl methyl sites for hydroxylation is 3. The minimum Gasteiger partial charge on any atom is -0.389 e. The van der Waals surface area contributed by atoms with Gasteiger partial charge in [-0.1, -0.05) is 36.4 Å². The molecule has 1 fully saturated rings. The Bertz CT molecular complexity index is 1110. The van der Waals surface area contributed by atoms with E-state index in [1.165, 1.54) is 28.7 Å². The molecule has 1 heterocycles. The number of benzene rings is 2. The Morgan fingerprint density at radius 1 is 1.06 bits per heavy atom. The van der Waals surface area contributed by atoms with E-state index >= 15 is 0 Å². The summed E-state index contributed by atoms with van der Waals surface area (Å²) in [5.74, 6) is 1.83. The lowest BCUT2D eigenvalue weighted by molar-refractivity contribution is -0.0574. The van der Waals surface area contributed by atoms with Crippen LogP contribution in [-0.4, -0.2) is 45.7 Å². The third kappa shape index (κ3) is 4.51. The summed E-state index contributed by atoms with van der Waals surface area (Å²) in [5.41, 5.74) is 7.24. The van der Waals surface area contributed by atoms with Crippen molar-refractivity contribution in [2.24, 2.45) is 11.8 Å². The number of H-pyrrole nitrogens is 1. The number of aliphatic hydroxyl groups is 1. The van der Waals surface area contributed by atoms with Crippen LogP contribution in [0.4, 0.5) is 0 Å². The van der Waals surface area contributed by atoms with E-state index in [2.05, 4.69) is 72.2 Å². The molecule has 2 bridgehead atoms. The van der Waals surface area contributed by atoms with Crippen LogP contribution in [0.25, 0.3) is 16.6 Å². The van der Waals surface area contributed by atoms with Gasteiger partial charge in [-0.25, -0.2) is 4.98 Å². The lowest BCUT2D eigenvalue weighted by atomic mass is 9.60. The number of allylic oxidation sites excluding steroid dienone is 1. The molecule has 4 heteroatoms. The molecular weight excluding hydrogens is 406 g/mol. The molecule has 4 nitrogen and oxygen atoms in total. The first-order chi connectivity index (χ1) is 15.9. The predicted octanol–water partition coefficient (Wildman–Crippen LogP) is 5.68. The van der Waals surface area contributed by atoms with Crippen LogP contribution < -0.4 is 0 Å². The standard InChI is InChI=1S/C29H37N3O/c1-20-8-6-9-21(2)28(20)24-18-23-14-13-22(24)19-29(23,33)15-17-32(3)16-7-12-27-30-25-10-4-5-11-26(25)31-27/h4-6,8-11,18,22-23,33H,7,12-17,19H2,1-3H3,(H,30,31)/t22-,23-,29+/m1/s1. The molecule has 6 rings (SSSR count). The molecule has 0 amide bonds. The van der Waals surface area contributed by atoms with E-state index in [1.54, 1.807) is 0 Å². The maximum Gasteiger partial charge on any atom is 0.107 e. The van der Waals surface area contributed by atoms with Gasteiger partial charge in [0.25, 0.3) is 0 Å². The van der Waals surface area contributed by atoms with Crippen molar-refractivity contribution in [3.05, 3.63) is 71.1 Å². The van der Waals surface area contributed by atoms with E-state index in [1.807, 2.05) is 12.1 Å². The summed E-state index contributed by atoms with van der Waals surface area (Å²) in [5, 5.41) is 11.6. The van der Waals surface area contributed by atoms with E-state index in [0.717, 1.165) is 62.1 Å². The van der Waals surface area contributed by atoms with E-state index in [9.17, 15) is 5.11 Å². The first-order valence-electron chi connectivity index (χ1n) is 12.6. The SMILES string of the molecule is Cc1cccc(C)c1C1=C[C@H]2CC[C@@H]1C[C@@]2(O)CCN(C)CCCc1nc2ccccc2[nH]1. The van der Waals surface area contributed by atoms with Gasteiger partial charge in [0, 0.05) is 18.9 Å². The van der Waals surface area contributed by atoms with Crippen molar-refractivity contribution >= 4 is 16.6 Å². The average molecular weight is 444 g/mol. The molecule has 0 unspecified atom stereocenters. The van der Waals surface area contributed by atoms with E-state index in [-0.39, 0.29) is 5.92 Å². The smallest absolute Gasteiger partial charge is 0.107 e. The van der Waals surface area contributed by atoms with E-state index in [0.29, 0.717) is 5.92 Å². The second-order valence-corrected chi connectivity index (χ2v) is 10.4. The Morgan fingerprint density at radius 2 is 1.85 bits per heavy atom. The molecule has 0 spiro atoms. The number of imidazole rings is 1. The lowest BCUT2D eigenvalue weighted by Crippen LogP contribution is -2.48. The van der Waals surface area contributed by atoms with Crippen molar-refractivity contribution in [3.8, 4) is 0 Å². The lowest BCUT2D eigenvalue weighted by Gasteiger charge is -2.48. The van der Waals surface area contributed by atoms with Gasteiger partial charge in [0.2, 0.25) is 0 Å². The molecule has 0 radical (unpaired) electrons. The molecule has 1 saturated carbocycles. The van der Waals surface area contributed by atoms with Crippen LogP contribution in [0.1, 0.15) is 54.6 Å². The zero-order chi connectivity index (χ0) is 23.0. The van der Waals surface area contributed by atoms with Crippen molar-refractivity contribution in [2.75, 3.05) is 20.1 Å². The van der Waals surface area contributed by atoms with E-state index < -0.39 is 5.60 Å². The summed E-state index contributed by atoms with van der Waals surface area (Å²) in [6, 6.07) is 14.8. The quantitative estimate of drug-likeness (QED) is 0.471. The molecule has 2 aromatic carbocycles. The number of fused-ring (bicyclic) bond motifs is 3. The number of para-hydroxylation sites is 2. The maximum absolute atomic E-state index is 11.6. The topological polar surface area (TPSA) is 52.1 Å². The summed E-state index contributed by atoms with van der Waals surface area (Å²) in [6.45, 7) is 6.40. The number of rotatable bonds is 8.